The lowest BCUT2D eigenvalue weighted by molar-refractivity contribution is 0.0582. The molecular formula is C23H34N2O2S. The maximum absolute atomic E-state index is 12.4. The topological polar surface area (TPSA) is 51.2 Å². The van der Waals surface area contributed by atoms with Crippen molar-refractivity contribution in [2.45, 2.75) is 83.7 Å². The zero-order valence-electron chi connectivity index (χ0n) is 17.2. The number of carbonyl (C=O) groups is 1. The summed E-state index contributed by atoms with van der Waals surface area (Å²) < 4.78 is 6.92. The van der Waals surface area contributed by atoms with Crippen molar-refractivity contribution in [2.24, 2.45) is 0 Å². The van der Waals surface area contributed by atoms with E-state index in [1.54, 1.807) is 11.3 Å². The Balaban J connectivity index is 1.43. The first kappa shape index (κ1) is 21.3. The van der Waals surface area contributed by atoms with Crippen LogP contribution in [0.1, 0.15) is 86.5 Å². The van der Waals surface area contributed by atoms with Crippen molar-refractivity contribution >= 4 is 27.5 Å². The monoisotopic (exact) mass is 402 g/mol. The molecule has 1 N–H and O–H groups in total. The second kappa shape index (κ2) is 11.5. The third-order valence-corrected chi connectivity index (χ3v) is 6.56. The highest BCUT2D eigenvalue weighted by molar-refractivity contribution is 7.18. The first-order valence-corrected chi connectivity index (χ1v) is 11.9. The van der Waals surface area contributed by atoms with E-state index in [4.69, 9.17) is 9.72 Å². The number of amides is 1. The van der Waals surface area contributed by atoms with Gasteiger partial charge >= 0.3 is 0 Å². The molecule has 2 aromatic rings. The molecule has 0 saturated heterocycles. The van der Waals surface area contributed by atoms with Crippen LogP contribution in [0.4, 0.5) is 0 Å². The van der Waals surface area contributed by atoms with E-state index in [-0.39, 0.29) is 5.91 Å². The summed E-state index contributed by atoms with van der Waals surface area (Å²) in [5, 5.41) is 4.16. The Morgan fingerprint density at radius 2 is 1.96 bits per heavy atom. The summed E-state index contributed by atoms with van der Waals surface area (Å²) in [4.78, 5) is 17.1. The molecule has 0 unspecified atom stereocenters. The van der Waals surface area contributed by atoms with Crippen molar-refractivity contribution in [1.82, 2.24) is 10.3 Å². The predicted molar refractivity (Wildman–Crippen MR) is 117 cm³/mol. The van der Waals surface area contributed by atoms with Gasteiger partial charge in [-0.05, 0) is 43.9 Å². The van der Waals surface area contributed by atoms with Crippen LogP contribution in [0.25, 0.3) is 10.2 Å². The number of unbranched alkanes of at least 4 members (excludes halogenated alkanes) is 5. The number of fused-ring (bicyclic) bond motifs is 1. The number of nitrogens with zero attached hydrogens (tertiary/aromatic N) is 1. The van der Waals surface area contributed by atoms with Gasteiger partial charge in [0, 0.05) is 12.1 Å². The second-order valence-electron chi connectivity index (χ2n) is 7.84. The fourth-order valence-corrected chi connectivity index (χ4v) is 4.87. The maximum atomic E-state index is 12.4. The van der Waals surface area contributed by atoms with Crippen LogP contribution < -0.4 is 5.32 Å². The summed E-state index contributed by atoms with van der Waals surface area (Å²) in [5.41, 5.74) is 1.72. The van der Waals surface area contributed by atoms with Crippen molar-refractivity contribution < 1.29 is 9.53 Å². The molecule has 1 aliphatic carbocycles. The lowest BCUT2D eigenvalue weighted by Gasteiger charge is -2.11. The first-order valence-electron chi connectivity index (χ1n) is 11.1. The quantitative estimate of drug-likeness (QED) is 0.450. The molecule has 1 amide bonds. The van der Waals surface area contributed by atoms with Gasteiger partial charge in [0.25, 0.3) is 5.91 Å². The molecule has 0 bridgehead atoms. The molecule has 0 atom stereocenters. The van der Waals surface area contributed by atoms with Crippen molar-refractivity contribution in [1.29, 1.82) is 0 Å². The fourth-order valence-electron chi connectivity index (χ4n) is 3.82. The number of nitrogens with one attached hydrogen (secondary N) is 1. The number of benzene rings is 1. The molecule has 4 nitrogen and oxygen atoms in total. The Labute approximate surface area is 173 Å². The minimum absolute atomic E-state index is 0.0252. The van der Waals surface area contributed by atoms with E-state index < -0.39 is 0 Å². The van der Waals surface area contributed by atoms with Gasteiger partial charge in [-0.3, -0.25) is 4.79 Å². The Morgan fingerprint density at radius 1 is 1.18 bits per heavy atom. The molecule has 5 heteroatoms. The molecule has 3 rings (SSSR count). The van der Waals surface area contributed by atoms with Crippen molar-refractivity contribution in [3.05, 3.63) is 28.8 Å². The van der Waals surface area contributed by atoms with Crippen molar-refractivity contribution in [3.63, 3.8) is 0 Å². The fraction of sp³-hybridized carbons (Fsp3) is 0.652. The van der Waals surface area contributed by atoms with Crippen LogP contribution in [0, 0.1) is 0 Å². The summed E-state index contributed by atoms with van der Waals surface area (Å²) >= 11 is 1.73. The molecule has 154 valence electrons. The number of rotatable bonds is 12. The molecule has 0 spiro atoms. The Morgan fingerprint density at radius 3 is 2.79 bits per heavy atom. The zero-order chi connectivity index (χ0) is 19.6. The molecule has 1 saturated carbocycles. The Bertz CT molecular complexity index is 737. The van der Waals surface area contributed by atoms with Crippen LogP contribution in [0.2, 0.25) is 0 Å². The van der Waals surface area contributed by atoms with Crippen LogP contribution in [0.3, 0.4) is 0 Å². The van der Waals surface area contributed by atoms with Crippen LogP contribution in [0.5, 0.6) is 0 Å². The lowest BCUT2D eigenvalue weighted by atomic mass is 10.1. The number of hydrogen-bond donors (Lipinski definition) is 1. The van der Waals surface area contributed by atoms with Gasteiger partial charge < -0.3 is 10.1 Å². The van der Waals surface area contributed by atoms with E-state index in [0.717, 1.165) is 29.5 Å². The molecule has 1 aromatic carbocycles. The highest BCUT2D eigenvalue weighted by atomic mass is 32.1. The van der Waals surface area contributed by atoms with Crippen LogP contribution in [-0.2, 0) is 11.2 Å². The van der Waals surface area contributed by atoms with Gasteiger partial charge in [0.2, 0.25) is 0 Å². The molecule has 0 radical (unpaired) electrons. The number of hydrogen-bond acceptors (Lipinski definition) is 4. The highest BCUT2D eigenvalue weighted by Gasteiger charge is 2.15. The molecule has 1 aromatic heterocycles. The van der Waals surface area contributed by atoms with E-state index in [1.165, 1.54) is 56.4 Å². The van der Waals surface area contributed by atoms with Gasteiger partial charge in [-0.2, -0.15) is 0 Å². The summed E-state index contributed by atoms with van der Waals surface area (Å²) in [7, 11) is 0. The molecule has 28 heavy (non-hydrogen) atoms. The second-order valence-corrected chi connectivity index (χ2v) is 8.96. The normalized spacial score (nSPS) is 14.8. The number of thiazole rings is 1. The average molecular weight is 403 g/mol. The maximum Gasteiger partial charge on any atom is 0.251 e. The smallest absolute Gasteiger partial charge is 0.251 e. The lowest BCUT2D eigenvalue weighted by Crippen LogP contribution is -2.28. The number of carbonyl (C=O) groups excluding carboxylic acids is 1. The van der Waals surface area contributed by atoms with Gasteiger partial charge in [0.05, 0.1) is 27.9 Å². The molecule has 1 heterocycles. The van der Waals surface area contributed by atoms with Crippen molar-refractivity contribution in [2.75, 3.05) is 13.2 Å². The highest BCUT2D eigenvalue weighted by Crippen LogP contribution is 2.25. The first-order chi connectivity index (χ1) is 13.8. The summed E-state index contributed by atoms with van der Waals surface area (Å²) in [6.07, 6.45) is 14.1. The van der Waals surface area contributed by atoms with Gasteiger partial charge in [-0.25, -0.2) is 4.98 Å². The Hall–Kier alpha value is -1.46. The van der Waals surface area contributed by atoms with Crippen molar-refractivity contribution in [3.8, 4) is 0 Å². The number of aryl methyl sites for hydroxylation is 1. The third-order valence-electron chi connectivity index (χ3n) is 5.48. The minimum atomic E-state index is -0.0252. The van der Waals surface area contributed by atoms with Crippen LogP contribution in [-0.4, -0.2) is 30.1 Å². The number of aromatic nitrogens is 1. The molecule has 1 aliphatic rings. The zero-order valence-corrected chi connectivity index (χ0v) is 18.0. The van der Waals surface area contributed by atoms with E-state index in [9.17, 15) is 4.79 Å². The van der Waals surface area contributed by atoms with Crippen LogP contribution in [0.15, 0.2) is 18.2 Å². The van der Waals surface area contributed by atoms with E-state index >= 15 is 0 Å². The van der Waals surface area contributed by atoms with Gasteiger partial charge in [0.1, 0.15) is 0 Å². The molecular weight excluding hydrogens is 368 g/mol. The van der Waals surface area contributed by atoms with Gasteiger partial charge in [-0.1, -0.05) is 51.9 Å². The van der Waals surface area contributed by atoms with E-state index in [0.29, 0.717) is 24.8 Å². The average Bonchev–Trinajstić information content (AvgIpc) is 3.36. The van der Waals surface area contributed by atoms with Crippen LogP contribution >= 0.6 is 11.3 Å². The molecule has 0 aliphatic heterocycles. The third kappa shape index (κ3) is 6.56. The minimum Gasteiger partial charge on any atom is -0.376 e. The SMILES string of the molecule is CCCCCCCCc1nc2ccc(C(=O)NCCOC3CCCC3)cc2s1. The molecule has 1 fully saturated rings. The van der Waals surface area contributed by atoms with Gasteiger partial charge in [-0.15, -0.1) is 11.3 Å². The van der Waals surface area contributed by atoms with Gasteiger partial charge in [0.15, 0.2) is 0 Å². The standard InChI is InChI=1S/C23H34N2O2S/c1-2-3-4-5-6-7-12-22-25-20-14-13-18(17-21(20)28-22)23(26)24-15-16-27-19-10-8-9-11-19/h13-14,17,19H,2-12,15-16H2,1H3,(H,24,26). The summed E-state index contributed by atoms with van der Waals surface area (Å²) in [6, 6.07) is 5.83. The largest absolute Gasteiger partial charge is 0.376 e. The van der Waals surface area contributed by atoms with E-state index in [2.05, 4.69) is 12.2 Å². The summed E-state index contributed by atoms with van der Waals surface area (Å²) in [6.45, 7) is 3.42. The predicted octanol–water partition coefficient (Wildman–Crippen LogP) is 5.89. The van der Waals surface area contributed by atoms with E-state index in [1.807, 2.05) is 18.2 Å². The number of ether oxygens (including phenoxy) is 1. The Kier molecular flexibility index (Phi) is 8.74. The summed E-state index contributed by atoms with van der Waals surface area (Å²) in [5.74, 6) is -0.0252.